The number of nitrogens with two attached hydrogens (primary N) is 2. The number of amidine groups is 1. The minimum Gasteiger partial charge on any atom is -0.494 e. The van der Waals surface area contributed by atoms with Crippen LogP contribution >= 0.6 is 0 Å². The summed E-state index contributed by atoms with van der Waals surface area (Å²) in [6, 6.07) is 11.1. The molecule has 8 nitrogen and oxygen atoms in total. The highest BCUT2D eigenvalue weighted by Crippen LogP contribution is 2.35. The van der Waals surface area contributed by atoms with Gasteiger partial charge in [-0.25, -0.2) is 0 Å². The molecule has 0 aliphatic heterocycles. The van der Waals surface area contributed by atoms with Crippen LogP contribution in [-0.2, 0) is 0 Å². The minimum absolute atomic E-state index is 0.0900. The second-order valence-electron chi connectivity index (χ2n) is 8.53. The third-order valence-corrected chi connectivity index (χ3v) is 5.77. The van der Waals surface area contributed by atoms with E-state index in [1.54, 1.807) is 30.3 Å². The van der Waals surface area contributed by atoms with E-state index in [1.807, 2.05) is 16.9 Å². The van der Waals surface area contributed by atoms with Gasteiger partial charge in [0.1, 0.15) is 5.75 Å². The molecule has 0 radical (unpaired) electrons. The standard InChI is InChI=1S/C24H27F3N6O2/c25-24(26,27)11-2-1-3-13-35-17-8-4-15(5-9-17)20-14-18(21(22(28)31-29)23(34)30-20)19-10-12-33(32-19)16-6-7-16/h4-5,8-10,12,14,16H,1-3,6-7,11,13,29H2,(H2,28,31)(H,30,34). The maximum Gasteiger partial charge on any atom is 0.389 e. The summed E-state index contributed by atoms with van der Waals surface area (Å²) < 4.78 is 44.1. The van der Waals surface area contributed by atoms with E-state index in [-0.39, 0.29) is 17.8 Å². The molecule has 2 aromatic heterocycles. The molecule has 1 aliphatic rings. The van der Waals surface area contributed by atoms with Crippen molar-refractivity contribution in [2.45, 2.75) is 50.7 Å². The van der Waals surface area contributed by atoms with Gasteiger partial charge in [-0.3, -0.25) is 9.48 Å². The molecule has 3 aromatic rings. The first-order valence-corrected chi connectivity index (χ1v) is 11.4. The zero-order valence-corrected chi connectivity index (χ0v) is 19.0. The monoisotopic (exact) mass is 488 g/mol. The van der Waals surface area contributed by atoms with Crippen LogP contribution in [0.2, 0.25) is 0 Å². The van der Waals surface area contributed by atoms with Crippen molar-refractivity contribution in [2.75, 3.05) is 6.61 Å². The van der Waals surface area contributed by atoms with Crippen LogP contribution in [0.5, 0.6) is 5.75 Å². The van der Waals surface area contributed by atoms with Crippen LogP contribution in [0.3, 0.4) is 0 Å². The van der Waals surface area contributed by atoms with Crippen molar-refractivity contribution in [1.29, 1.82) is 0 Å². The summed E-state index contributed by atoms with van der Waals surface area (Å²) in [5, 5.41) is 8.11. The van der Waals surface area contributed by atoms with Gasteiger partial charge in [0, 0.05) is 23.9 Å². The van der Waals surface area contributed by atoms with E-state index in [2.05, 4.69) is 15.2 Å². The molecule has 1 saturated carbocycles. The number of alkyl halides is 3. The maximum atomic E-state index is 12.9. The number of nitrogens with zero attached hydrogens (tertiary/aromatic N) is 3. The number of ether oxygens (including phenoxy) is 1. The second kappa shape index (κ2) is 10.2. The lowest BCUT2D eigenvalue weighted by atomic mass is 10.0. The van der Waals surface area contributed by atoms with Gasteiger partial charge >= 0.3 is 6.18 Å². The summed E-state index contributed by atoms with van der Waals surface area (Å²) in [4.78, 5) is 15.7. The van der Waals surface area contributed by atoms with Crippen LogP contribution in [0.4, 0.5) is 13.2 Å². The Labute approximate surface area is 199 Å². The SMILES string of the molecule is N/N=C(\N)c1c(-c2ccn(C3CC3)n2)cc(-c2ccc(OCCCCCC(F)(F)F)cc2)[nH]c1=O. The fourth-order valence-electron chi connectivity index (χ4n) is 3.79. The fraction of sp³-hybridized carbons (Fsp3) is 0.375. The van der Waals surface area contributed by atoms with Crippen molar-refractivity contribution in [1.82, 2.24) is 14.8 Å². The molecular formula is C24H27F3N6O2. The number of nitrogens with one attached hydrogen (secondary N) is 1. The Kier molecular flexibility index (Phi) is 7.13. The predicted molar refractivity (Wildman–Crippen MR) is 127 cm³/mol. The average molecular weight is 489 g/mol. The van der Waals surface area contributed by atoms with Gasteiger partial charge < -0.3 is 21.3 Å². The molecule has 11 heteroatoms. The third-order valence-electron chi connectivity index (χ3n) is 5.77. The number of hydrogen-bond acceptors (Lipinski definition) is 5. The Balaban J connectivity index is 1.49. The Bertz CT molecular complexity index is 1240. The van der Waals surface area contributed by atoms with E-state index in [1.165, 1.54) is 0 Å². The van der Waals surface area contributed by atoms with Crippen molar-refractivity contribution in [2.24, 2.45) is 16.7 Å². The summed E-state index contributed by atoms with van der Waals surface area (Å²) in [6.45, 7) is 0.328. The summed E-state index contributed by atoms with van der Waals surface area (Å²) in [5.41, 5.74) is 8.04. The normalized spacial score (nSPS) is 14.3. The highest BCUT2D eigenvalue weighted by molar-refractivity contribution is 6.03. The van der Waals surface area contributed by atoms with Crippen molar-refractivity contribution in [3.8, 4) is 28.3 Å². The van der Waals surface area contributed by atoms with Gasteiger partial charge in [-0.2, -0.15) is 23.4 Å². The Hall–Kier alpha value is -3.76. The molecule has 0 bridgehead atoms. The molecule has 0 amide bonds. The van der Waals surface area contributed by atoms with Gasteiger partial charge in [0.15, 0.2) is 5.84 Å². The van der Waals surface area contributed by atoms with Crippen LogP contribution in [0.1, 0.15) is 50.1 Å². The number of pyridine rings is 1. The highest BCUT2D eigenvalue weighted by atomic mass is 19.4. The van der Waals surface area contributed by atoms with E-state index in [9.17, 15) is 18.0 Å². The molecule has 1 fully saturated rings. The Morgan fingerprint density at radius 2 is 1.91 bits per heavy atom. The first kappa shape index (κ1) is 24.4. The number of hydrazone groups is 1. The van der Waals surface area contributed by atoms with Crippen LogP contribution in [0.15, 0.2) is 52.5 Å². The fourth-order valence-corrected chi connectivity index (χ4v) is 3.79. The van der Waals surface area contributed by atoms with E-state index in [0.29, 0.717) is 48.2 Å². The van der Waals surface area contributed by atoms with Gasteiger partial charge in [0.05, 0.1) is 23.9 Å². The van der Waals surface area contributed by atoms with Gasteiger partial charge in [-0.1, -0.05) is 0 Å². The van der Waals surface area contributed by atoms with E-state index in [0.717, 1.165) is 18.4 Å². The molecule has 0 spiro atoms. The number of benzene rings is 1. The number of unbranched alkanes of at least 4 members (excludes halogenated alkanes) is 2. The number of hydrogen-bond donors (Lipinski definition) is 3. The van der Waals surface area contributed by atoms with Gasteiger partial charge in [-0.15, -0.1) is 0 Å². The van der Waals surface area contributed by atoms with E-state index in [4.69, 9.17) is 16.3 Å². The van der Waals surface area contributed by atoms with E-state index < -0.39 is 18.2 Å². The lowest BCUT2D eigenvalue weighted by molar-refractivity contribution is -0.135. The number of aromatic nitrogens is 3. The molecule has 2 heterocycles. The second-order valence-corrected chi connectivity index (χ2v) is 8.53. The smallest absolute Gasteiger partial charge is 0.389 e. The molecule has 0 unspecified atom stereocenters. The van der Waals surface area contributed by atoms with Crippen LogP contribution in [0.25, 0.3) is 22.5 Å². The Morgan fingerprint density at radius 3 is 2.57 bits per heavy atom. The van der Waals surface area contributed by atoms with Crippen molar-refractivity contribution in [3.05, 3.63) is 58.5 Å². The molecule has 35 heavy (non-hydrogen) atoms. The van der Waals surface area contributed by atoms with Crippen molar-refractivity contribution < 1.29 is 17.9 Å². The number of rotatable bonds is 10. The molecule has 186 valence electrons. The number of halogens is 3. The summed E-state index contributed by atoms with van der Waals surface area (Å²) in [6.07, 6.45) is 0.206. The topological polar surface area (TPSA) is 124 Å². The van der Waals surface area contributed by atoms with Gasteiger partial charge in [0.25, 0.3) is 5.56 Å². The highest BCUT2D eigenvalue weighted by Gasteiger charge is 2.26. The molecule has 4 rings (SSSR count). The minimum atomic E-state index is -4.12. The Morgan fingerprint density at radius 1 is 1.17 bits per heavy atom. The summed E-state index contributed by atoms with van der Waals surface area (Å²) in [7, 11) is 0. The summed E-state index contributed by atoms with van der Waals surface area (Å²) >= 11 is 0. The number of H-pyrrole nitrogens is 1. The molecule has 1 aromatic carbocycles. The molecule has 0 atom stereocenters. The van der Waals surface area contributed by atoms with Crippen LogP contribution < -0.4 is 21.9 Å². The molecule has 0 saturated heterocycles. The quantitative estimate of drug-likeness (QED) is 0.129. The van der Waals surface area contributed by atoms with Crippen LogP contribution in [0, 0.1) is 0 Å². The lowest BCUT2D eigenvalue weighted by Crippen LogP contribution is -2.27. The zero-order chi connectivity index (χ0) is 25.0. The summed E-state index contributed by atoms with van der Waals surface area (Å²) in [5.74, 6) is 5.85. The zero-order valence-electron chi connectivity index (χ0n) is 19.0. The first-order valence-electron chi connectivity index (χ1n) is 11.4. The van der Waals surface area contributed by atoms with Gasteiger partial charge in [-0.05, 0) is 74.1 Å². The predicted octanol–water partition coefficient (Wildman–Crippen LogP) is 4.32. The van der Waals surface area contributed by atoms with E-state index >= 15 is 0 Å². The molecule has 1 aliphatic carbocycles. The van der Waals surface area contributed by atoms with Crippen molar-refractivity contribution in [3.63, 3.8) is 0 Å². The van der Waals surface area contributed by atoms with Crippen LogP contribution in [-0.4, -0.2) is 33.4 Å². The molecule has 5 N–H and O–H groups in total. The maximum absolute atomic E-state index is 12.9. The number of aromatic amines is 1. The lowest BCUT2D eigenvalue weighted by Gasteiger charge is -2.11. The molecular weight excluding hydrogens is 461 g/mol. The third kappa shape index (κ3) is 6.23. The van der Waals surface area contributed by atoms with Gasteiger partial charge in [0.2, 0.25) is 0 Å². The largest absolute Gasteiger partial charge is 0.494 e. The van der Waals surface area contributed by atoms with Crippen molar-refractivity contribution >= 4 is 5.84 Å². The first-order chi connectivity index (χ1) is 16.7. The average Bonchev–Trinajstić information content (AvgIpc) is 3.56.